The second-order valence-corrected chi connectivity index (χ2v) is 28.6. The Hall–Kier alpha value is -1.94. The van der Waals surface area contributed by atoms with Crippen LogP contribution in [0, 0.1) is 23.7 Å². The number of unbranched alkanes of at least 4 members (excludes halogenated alkanes) is 28. The lowest BCUT2D eigenvalue weighted by atomic mass is 9.99. The second-order valence-electron chi connectivity index (χ2n) is 25.6. The Morgan fingerprint density at radius 1 is 0.326 bits per heavy atom. The predicted molar refractivity (Wildman–Crippen MR) is 344 cm³/mol. The van der Waals surface area contributed by atoms with Gasteiger partial charge >= 0.3 is 39.5 Å². The molecule has 0 bridgehead atoms. The lowest BCUT2D eigenvalue weighted by Crippen LogP contribution is -2.30. The highest BCUT2D eigenvalue weighted by Gasteiger charge is 2.30. The number of carbonyl (C=O) groups is 4. The van der Waals surface area contributed by atoms with Crippen molar-refractivity contribution in [1.82, 2.24) is 0 Å². The van der Waals surface area contributed by atoms with Crippen LogP contribution in [0.2, 0.25) is 0 Å². The van der Waals surface area contributed by atoms with E-state index in [4.69, 9.17) is 37.0 Å². The van der Waals surface area contributed by atoms with Crippen LogP contribution in [0.3, 0.4) is 0 Å². The van der Waals surface area contributed by atoms with Crippen molar-refractivity contribution in [2.24, 2.45) is 23.7 Å². The summed E-state index contributed by atoms with van der Waals surface area (Å²) in [6.45, 7) is 14.0. The Kier molecular flexibility index (Phi) is 55.7. The van der Waals surface area contributed by atoms with E-state index in [-0.39, 0.29) is 25.7 Å². The van der Waals surface area contributed by atoms with Crippen molar-refractivity contribution in [3.8, 4) is 0 Å². The zero-order valence-corrected chi connectivity index (χ0v) is 57.7. The lowest BCUT2D eigenvalue weighted by molar-refractivity contribution is -0.161. The Morgan fingerprint density at radius 3 is 0.826 bits per heavy atom. The summed E-state index contributed by atoms with van der Waals surface area (Å²) in [5.41, 5.74) is 0. The Bertz CT molecular complexity index is 1720. The number of carbonyl (C=O) groups excluding carboxylic acids is 4. The summed E-state index contributed by atoms with van der Waals surface area (Å²) < 4.78 is 68.1. The number of ether oxygens (including phenoxy) is 4. The molecule has 510 valence electrons. The van der Waals surface area contributed by atoms with E-state index < -0.39 is 97.5 Å². The summed E-state index contributed by atoms with van der Waals surface area (Å²) in [6, 6.07) is 0. The van der Waals surface area contributed by atoms with Crippen LogP contribution in [-0.4, -0.2) is 96.7 Å². The van der Waals surface area contributed by atoms with Crippen LogP contribution in [0.5, 0.6) is 0 Å². The molecule has 0 aliphatic heterocycles. The number of hydrogen-bond acceptors (Lipinski definition) is 15. The largest absolute Gasteiger partial charge is 0.472 e. The molecule has 0 aromatic heterocycles. The summed E-state index contributed by atoms with van der Waals surface area (Å²) in [6.07, 6.45) is 37.6. The van der Waals surface area contributed by atoms with Gasteiger partial charge in [0, 0.05) is 25.7 Å². The van der Waals surface area contributed by atoms with Gasteiger partial charge in [0.15, 0.2) is 12.2 Å². The van der Waals surface area contributed by atoms with Gasteiger partial charge in [0.2, 0.25) is 0 Å². The molecule has 7 atom stereocenters. The molecular formula is C67H130O17P2. The highest BCUT2D eigenvalue weighted by Crippen LogP contribution is 2.45. The Labute approximate surface area is 524 Å². The summed E-state index contributed by atoms with van der Waals surface area (Å²) in [4.78, 5) is 72.4. The topological polar surface area (TPSA) is 237 Å². The van der Waals surface area contributed by atoms with Crippen LogP contribution in [0.25, 0.3) is 0 Å². The molecule has 0 radical (unpaired) electrons. The van der Waals surface area contributed by atoms with Crippen LogP contribution >= 0.6 is 15.6 Å². The maximum absolute atomic E-state index is 13.0. The predicted octanol–water partition coefficient (Wildman–Crippen LogP) is 18.5. The first-order valence-corrected chi connectivity index (χ1v) is 37.8. The first-order valence-electron chi connectivity index (χ1n) is 34.8. The third-order valence-corrected chi connectivity index (χ3v) is 17.9. The van der Waals surface area contributed by atoms with Crippen LogP contribution < -0.4 is 0 Å². The molecule has 0 fully saturated rings. The Morgan fingerprint density at radius 2 is 0.558 bits per heavy atom. The van der Waals surface area contributed by atoms with Crippen LogP contribution in [0.4, 0.5) is 0 Å². The highest BCUT2D eigenvalue weighted by atomic mass is 31.2. The zero-order chi connectivity index (χ0) is 63.9. The third kappa shape index (κ3) is 58.4. The third-order valence-electron chi connectivity index (χ3n) is 16.0. The fourth-order valence-electron chi connectivity index (χ4n) is 9.89. The van der Waals surface area contributed by atoms with Crippen molar-refractivity contribution in [3.05, 3.63) is 0 Å². The number of hydrogen-bond donors (Lipinski definition) is 3. The van der Waals surface area contributed by atoms with Crippen molar-refractivity contribution in [1.29, 1.82) is 0 Å². The van der Waals surface area contributed by atoms with Gasteiger partial charge in [-0.2, -0.15) is 0 Å². The molecular weight excluding hydrogens is 1140 g/mol. The molecule has 0 spiro atoms. The summed E-state index contributed by atoms with van der Waals surface area (Å²) in [5, 5.41) is 10.6. The molecule has 0 heterocycles. The summed E-state index contributed by atoms with van der Waals surface area (Å²) in [7, 11) is -9.90. The average molecular weight is 1270 g/mol. The van der Waals surface area contributed by atoms with Gasteiger partial charge in [-0.25, -0.2) is 9.13 Å². The molecule has 0 amide bonds. The molecule has 0 aliphatic rings. The van der Waals surface area contributed by atoms with Gasteiger partial charge in [-0.3, -0.25) is 37.3 Å². The number of aliphatic hydroxyl groups excluding tert-OH is 1. The monoisotopic (exact) mass is 1270 g/mol. The minimum Gasteiger partial charge on any atom is -0.462 e. The van der Waals surface area contributed by atoms with E-state index in [0.29, 0.717) is 31.6 Å². The SMILES string of the molecule is CCC(C)CCCCCCCCCCCCC(=O)O[C@H](COC(=O)CCCCCCCCCCC(C)C)COP(=O)(O)OCC(O)COP(=O)(O)OC[C@@H](COC(=O)CCCCCCCCC(C)C)OC(=O)CCCCCCCCCCC(C)CC. The molecule has 0 aromatic carbocycles. The van der Waals surface area contributed by atoms with Crippen molar-refractivity contribution >= 4 is 39.5 Å². The quantitative estimate of drug-likeness (QED) is 0.0222. The number of aliphatic hydroxyl groups is 1. The molecule has 86 heavy (non-hydrogen) atoms. The molecule has 19 heteroatoms. The van der Waals surface area contributed by atoms with E-state index >= 15 is 0 Å². The van der Waals surface area contributed by atoms with Crippen molar-refractivity contribution in [2.45, 2.75) is 343 Å². The Balaban J connectivity index is 5.26. The molecule has 0 rings (SSSR count). The maximum Gasteiger partial charge on any atom is 0.472 e. The van der Waals surface area contributed by atoms with Crippen LogP contribution in [-0.2, 0) is 65.4 Å². The van der Waals surface area contributed by atoms with E-state index in [1.807, 2.05) is 0 Å². The summed E-state index contributed by atoms with van der Waals surface area (Å²) in [5.74, 6) is 0.841. The van der Waals surface area contributed by atoms with E-state index in [1.54, 1.807) is 0 Å². The van der Waals surface area contributed by atoms with Crippen molar-refractivity contribution < 1.29 is 80.2 Å². The second kappa shape index (κ2) is 57.0. The fraction of sp³-hybridized carbons (Fsp3) is 0.940. The molecule has 0 saturated heterocycles. The number of phosphoric ester groups is 2. The van der Waals surface area contributed by atoms with Gasteiger partial charge in [0.05, 0.1) is 26.4 Å². The van der Waals surface area contributed by atoms with Gasteiger partial charge in [0.25, 0.3) is 0 Å². The molecule has 0 aromatic rings. The van der Waals surface area contributed by atoms with Gasteiger partial charge in [-0.05, 0) is 49.4 Å². The zero-order valence-electron chi connectivity index (χ0n) is 55.9. The number of esters is 4. The molecule has 17 nitrogen and oxygen atoms in total. The number of phosphoric acid groups is 2. The van der Waals surface area contributed by atoms with Gasteiger partial charge in [0.1, 0.15) is 19.3 Å². The molecule has 0 aliphatic carbocycles. The van der Waals surface area contributed by atoms with Crippen molar-refractivity contribution in [3.63, 3.8) is 0 Å². The summed E-state index contributed by atoms with van der Waals surface area (Å²) >= 11 is 0. The molecule has 5 unspecified atom stereocenters. The molecule has 0 saturated carbocycles. The number of rotatable bonds is 64. The van der Waals surface area contributed by atoms with E-state index in [9.17, 15) is 43.2 Å². The fourth-order valence-corrected chi connectivity index (χ4v) is 11.5. The van der Waals surface area contributed by atoms with Crippen molar-refractivity contribution in [2.75, 3.05) is 39.6 Å². The minimum absolute atomic E-state index is 0.103. The van der Waals surface area contributed by atoms with Gasteiger partial charge < -0.3 is 33.8 Å². The van der Waals surface area contributed by atoms with E-state index in [0.717, 1.165) is 114 Å². The van der Waals surface area contributed by atoms with Gasteiger partial charge in [-0.15, -0.1) is 0 Å². The first-order chi connectivity index (χ1) is 41.2. The van der Waals surface area contributed by atoms with Gasteiger partial charge in [-0.1, -0.05) is 274 Å². The van der Waals surface area contributed by atoms with Crippen LogP contribution in [0.15, 0.2) is 0 Å². The van der Waals surface area contributed by atoms with E-state index in [1.165, 1.54) is 122 Å². The smallest absolute Gasteiger partial charge is 0.462 e. The standard InChI is InChI=1S/C67H130O17P2/c1-9-59(7)45-37-29-20-13-11-12-14-23-33-41-49-66(71)83-62(53-77-64(69)47-39-31-22-17-15-19-27-35-43-57(3)4)55-81-85(73,74)79-51-61(68)52-80-86(75,76)82-56-63(54-78-65(70)48-40-32-26-25-28-36-44-58(5)6)84-67(72)50-42-34-24-18-16-21-30-38-46-60(8)10-2/h57-63,68H,9-56H2,1-8H3,(H,73,74)(H,75,76)/t59?,60?,61?,62-,63-/m1/s1. The normalized spacial score (nSPS) is 15.0. The van der Waals surface area contributed by atoms with Crippen LogP contribution in [0.1, 0.15) is 325 Å². The first kappa shape index (κ1) is 84.1. The highest BCUT2D eigenvalue weighted by molar-refractivity contribution is 7.47. The van der Waals surface area contributed by atoms with E-state index in [2.05, 4.69) is 55.4 Å². The lowest BCUT2D eigenvalue weighted by Gasteiger charge is -2.21. The minimum atomic E-state index is -4.95. The average Bonchev–Trinajstić information content (AvgIpc) is 3.66. The maximum atomic E-state index is 13.0. The molecule has 3 N–H and O–H groups in total.